The van der Waals surface area contributed by atoms with Gasteiger partial charge >= 0.3 is 4.87 Å². The molecule has 0 aliphatic carbocycles. The van der Waals surface area contributed by atoms with Gasteiger partial charge in [0.05, 0.1) is 22.5 Å². The molecule has 3 aromatic heterocycles. The summed E-state index contributed by atoms with van der Waals surface area (Å²) in [7, 11) is 1.58. The number of pyridine rings is 1. The lowest BCUT2D eigenvalue weighted by molar-refractivity contribution is -0.121. The van der Waals surface area contributed by atoms with E-state index in [4.69, 9.17) is 14.6 Å². The van der Waals surface area contributed by atoms with E-state index in [1.165, 1.54) is 18.3 Å². The molecule has 0 radical (unpaired) electrons. The van der Waals surface area contributed by atoms with Crippen molar-refractivity contribution in [2.75, 3.05) is 13.7 Å². The van der Waals surface area contributed by atoms with Gasteiger partial charge in [-0.3, -0.25) is 14.2 Å². The Bertz CT molecular complexity index is 1290. The molecule has 0 saturated carbocycles. The maximum Gasteiger partial charge on any atom is 0.310 e. The summed E-state index contributed by atoms with van der Waals surface area (Å²) in [5, 5.41) is 4.70. The first-order valence-corrected chi connectivity index (χ1v) is 11.0. The van der Waals surface area contributed by atoms with E-state index in [1.54, 1.807) is 22.6 Å². The van der Waals surface area contributed by atoms with Crippen LogP contribution in [0.25, 0.3) is 16.0 Å². The SMILES string of the molecule is COCn1c(=O)sc2cc(C(C)c3ccn(-c4ccc(COCC(C)=O)cn4)n3)ccc21. The molecule has 32 heavy (non-hydrogen) atoms. The molecule has 0 spiro atoms. The first kappa shape index (κ1) is 22.1. The molecule has 1 aromatic carbocycles. The minimum Gasteiger partial charge on any atom is -0.369 e. The predicted octanol–water partition coefficient (Wildman–Crippen LogP) is 3.51. The van der Waals surface area contributed by atoms with Crippen LogP contribution in [-0.2, 0) is 27.6 Å². The lowest BCUT2D eigenvalue weighted by Crippen LogP contribution is -2.13. The fraction of sp³-hybridized carbons (Fsp3) is 0.304. The Morgan fingerprint density at radius 1 is 1.22 bits per heavy atom. The molecular formula is C23H24N4O4S. The van der Waals surface area contributed by atoms with E-state index in [1.807, 2.05) is 42.6 Å². The van der Waals surface area contributed by atoms with E-state index < -0.39 is 0 Å². The third-order valence-electron chi connectivity index (χ3n) is 5.12. The van der Waals surface area contributed by atoms with Crippen LogP contribution in [0.1, 0.15) is 36.6 Å². The molecule has 0 fully saturated rings. The molecule has 0 aliphatic heterocycles. The van der Waals surface area contributed by atoms with Gasteiger partial charge < -0.3 is 9.47 Å². The number of hydrogen-bond donors (Lipinski definition) is 0. The molecule has 8 nitrogen and oxygen atoms in total. The van der Waals surface area contributed by atoms with Gasteiger partial charge in [-0.15, -0.1) is 0 Å². The minimum absolute atomic E-state index is 0.00589. The highest BCUT2D eigenvalue weighted by Gasteiger charge is 2.15. The van der Waals surface area contributed by atoms with Crippen molar-refractivity contribution in [2.24, 2.45) is 0 Å². The van der Waals surface area contributed by atoms with E-state index >= 15 is 0 Å². The van der Waals surface area contributed by atoms with Gasteiger partial charge in [0.1, 0.15) is 13.3 Å². The first-order valence-electron chi connectivity index (χ1n) is 10.2. The van der Waals surface area contributed by atoms with Gasteiger partial charge in [-0.25, -0.2) is 9.67 Å². The number of ether oxygens (including phenoxy) is 2. The predicted molar refractivity (Wildman–Crippen MR) is 122 cm³/mol. The number of aromatic nitrogens is 4. The summed E-state index contributed by atoms with van der Waals surface area (Å²) in [6.07, 6.45) is 3.60. The maximum absolute atomic E-state index is 12.2. The third kappa shape index (κ3) is 4.69. The molecule has 4 aromatic rings. The average Bonchev–Trinajstić information content (AvgIpc) is 3.38. The Balaban J connectivity index is 1.50. The van der Waals surface area contributed by atoms with Crippen molar-refractivity contribution >= 4 is 27.3 Å². The van der Waals surface area contributed by atoms with Crippen LogP contribution < -0.4 is 4.87 Å². The first-order chi connectivity index (χ1) is 15.5. The smallest absolute Gasteiger partial charge is 0.310 e. The van der Waals surface area contributed by atoms with Gasteiger partial charge in [0.15, 0.2) is 11.6 Å². The van der Waals surface area contributed by atoms with Gasteiger partial charge in [0, 0.05) is 25.4 Å². The number of methoxy groups -OCH3 is 1. The van der Waals surface area contributed by atoms with Crippen LogP contribution in [0.15, 0.2) is 53.6 Å². The second-order valence-electron chi connectivity index (χ2n) is 7.57. The molecule has 4 rings (SSSR count). The van der Waals surface area contributed by atoms with E-state index in [9.17, 15) is 9.59 Å². The fourth-order valence-corrected chi connectivity index (χ4v) is 4.35. The monoisotopic (exact) mass is 452 g/mol. The van der Waals surface area contributed by atoms with Crippen molar-refractivity contribution in [3.8, 4) is 5.82 Å². The van der Waals surface area contributed by atoms with Crippen LogP contribution in [-0.4, -0.2) is 38.8 Å². The molecule has 0 amide bonds. The molecule has 9 heteroatoms. The van der Waals surface area contributed by atoms with Crippen molar-refractivity contribution in [1.82, 2.24) is 19.3 Å². The quantitative estimate of drug-likeness (QED) is 0.386. The van der Waals surface area contributed by atoms with Crippen LogP contribution >= 0.6 is 11.3 Å². The molecular weight excluding hydrogens is 428 g/mol. The molecule has 0 aliphatic rings. The molecule has 0 bridgehead atoms. The van der Waals surface area contributed by atoms with Gasteiger partial charge in [0.2, 0.25) is 0 Å². The van der Waals surface area contributed by atoms with Crippen molar-refractivity contribution in [3.63, 3.8) is 0 Å². The average molecular weight is 453 g/mol. The van der Waals surface area contributed by atoms with Gasteiger partial charge in [-0.1, -0.05) is 30.4 Å². The van der Waals surface area contributed by atoms with Gasteiger partial charge in [-0.05, 0) is 42.3 Å². The summed E-state index contributed by atoms with van der Waals surface area (Å²) in [6, 6.07) is 11.8. The number of ketones is 1. The summed E-state index contributed by atoms with van der Waals surface area (Å²) in [5.41, 5.74) is 3.76. The van der Waals surface area contributed by atoms with Crippen molar-refractivity contribution in [2.45, 2.75) is 33.1 Å². The zero-order chi connectivity index (χ0) is 22.7. The molecule has 0 saturated heterocycles. The third-order valence-corrected chi connectivity index (χ3v) is 6.06. The molecule has 3 heterocycles. The minimum atomic E-state index is -0.0304. The summed E-state index contributed by atoms with van der Waals surface area (Å²) in [4.78, 5) is 27.6. The number of carbonyl (C=O) groups is 1. The van der Waals surface area contributed by atoms with E-state index in [-0.39, 0.29) is 29.9 Å². The zero-order valence-corrected chi connectivity index (χ0v) is 19.0. The lowest BCUT2D eigenvalue weighted by Gasteiger charge is -2.10. The van der Waals surface area contributed by atoms with E-state index in [0.29, 0.717) is 12.4 Å². The van der Waals surface area contributed by atoms with Crippen molar-refractivity contribution in [3.05, 3.63) is 75.3 Å². The highest BCUT2D eigenvalue weighted by atomic mass is 32.1. The highest BCUT2D eigenvalue weighted by molar-refractivity contribution is 7.16. The van der Waals surface area contributed by atoms with Crippen LogP contribution in [0.4, 0.5) is 0 Å². The second kappa shape index (κ2) is 9.56. The van der Waals surface area contributed by atoms with Crippen LogP contribution in [0.5, 0.6) is 0 Å². The molecule has 1 unspecified atom stereocenters. The molecule has 166 valence electrons. The standard InChI is InChI=1S/C23H24N4O4S/c1-15(28)12-31-13-17-4-7-22(24-11-17)27-9-8-19(25-27)16(2)18-5-6-20-21(10-18)32-23(29)26(20)14-30-3/h4-11,16H,12-14H2,1-3H3. The Hall–Kier alpha value is -3.14. The number of hydrogen-bond acceptors (Lipinski definition) is 7. The fourth-order valence-electron chi connectivity index (χ4n) is 3.42. The topological polar surface area (TPSA) is 88.2 Å². The Morgan fingerprint density at radius 3 is 2.78 bits per heavy atom. The number of thiazole rings is 1. The molecule has 0 N–H and O–H groups in total. The zero-order valence-electron chi connectivity index (χ0n) is 18.1. The van der Waals surface area contributed by atoms with E-state index in [0.717, 1.165) is 27.0 Å². The Morgan fingerprint density at radius 2 is 2.06 bits per heavy atom. The summed E-state index contributed by atoms with van der Waals surface area (Å²) in [6.45, 7) is 4.27. The van der Waals surface area contributed by atoms with Crippen LogP contribution in [0.3, 0.4) is 0 Å². The summed E-state index contributed by atoms with van der Waals surface area (Å²) in [5.74, 6) is 0.741. The maximum atomic E-state index is 12.2. The van der Waals surface area contributed by atoms with E-state index in [2.05, 4.69) is 11.9 Å². The largest absolute Gasteiger partial charge is 0.369 e. The normalized spacial score (nSPS) is 12.3. The Labute approximate surface area is 189 Å². The number of Topliss-reactive ketones (excluding diaryl/α,β-unsaturated/α-hetero) is 1. The number of fused-ring (bicyclic) bond motifs is 1. The molecule has 1 atom stereocenters. The van der Waals surface area contributed by atoms with Crippen LogP contribution in [0, 0.1) is 0 Å². The van der Waals surface area contributed by atoms with Crippen molar-refractivity contribution < 1.29 is 14.3 Å². The highest BCUT2D eigenvalue weighted by Crippen LogP contribution is 2.27. The number of rotatable bonds is 9. The number of nitrogens with zero attached hydrogens (tertiary/aromatic N) is 4. The van der Waals surface area contributed by atoms with Crippen molar-refractivity contribution in [1.29, 1.82) is 0 Å². The summed E-state index contributed by atoms with van der Waals surface area (Å²) >= 11 is 1.22. The lowest BCUT2D eigenvalue weighted by atomic mass is 9.98. The van der Waals surface area contributed by atoms with Gasteiger partial charge in [-0.2, -0.15) is 5.10 Å². The van der Waals surface area contributed by atoms with Gasteiger partial charge in [0.25, 0.3) is 0 Å². The Kier molecular flexibility index (Phi) is 6.59. The number of carbonyl (C=O) groups excluding carboxylic acids is 1. The number of benzene rings is 1. The second-order valence-corrected chi connectivity index (χ2v) is 8.56. The summed E-state index contributed by atoms with van der Waals surface area (Å²) < 4.78 is 14.8. The van der Waals surface area contributed by atoms with Crippen LogP contribution in [0.2, 0.25) is 0 Å².